The number of carbonyl (C=O) groups is 1. The van der Waals surface area contributed by atoms with Gasteiger partial charge in [0.1, 0.15) is 5.60 Å². The lowest BCUT2D eigenvalue weighted by molar-refractivity contribution is 0.00991. The van der Waals surface area contributed by atoms with Gasteiger partial charge < -0.3 is 9.64 Å². The highest BCUT2D eigenvalue weighted by Crippen LogP contribution is 2.15. The van der Waals surface area contributed by atoms with Crippen LogP contribution >= 0.6 is 0 Å². The van der Waals surface area contributed by atoms with E-state index in [2.05, 4.69) is 18.7 Å². The fourth-order valence-electron chi connectivity index (χ4n) is 2.40. The van der Waals surface area contributed by atoms with E-state index >= 15 is 0 Å². The van der Waals surface area contributed by atoms with E-state index in [0.29, 0.717) is 6.04 Å². The molecule has 0 N–H and O–H groups in total. The zero-order chi connectivity index (χ0) is 13.8. The minimum absolute atomic E-state index is 0.174. The molecule has 4 heteroatoms. The molecule has 0 bridgehead atoms. The SMILES string of the molecule is CCC(CC)N1CCN(C(=O)OC(C)(C)C)CC1. The Hall–Kier alpha value is -0.770. The molecule has 4 nitrogen and oxygen atoms in total. The Morgan fingerprint density at radius 1 is 1.11 bits per heavy atom. The molecule has 1 fully saturated rings. The maximum Gasteiger partial charge on any atom is 0.410 e. The number of hydrogen-bond donors (Lipinski definition) is 0. The van der Waals surface area contributed by atoms with Crippen LogP contribution in [0.25, 0.3) is 0 Å². The van der Waals surface area contributed by atoms with Gasteiger partial charge in [0.25, 0.3) is 0 Å². The molecular formula is C14H28N2O2. The van der Waals surface area contributed by atoms with Crippen LogP contribution in [-0.2, 0) is 4.74 Å². The van der Waals surface area contributed by atoms with Gasteiger partial charge in [0, 0.05) is 32.2 Å². The zero-order valence-electron chi connectivity index (χ0n) is 12.5. The van der Waals surface area contributed by atoms with Crippen LogP contribution in [0.4, 0.5) is 4.79 Å². The first-order chi connectivity index (χ1) is 8.37. The van der Waals surface area contributed by atoms with E-state index in [4.69, 9.17) is 4.74 Å². The lowest BCUT2D eigenvalue weighted by Gasteiger charge is -2.39. The van der Waals surface area contributed by atoms with Crippen LogP contribution in [0.1, 0.15) is 47.5 Å². The van der Waals surface area contributed by atoms with Crippen LogP contribution in [0.3, 0.4) is 0 Å². The first-order valence-corrected chi connectivity index (χ1v) is 7.09. The number of nitrogens with zero attached hydrogens (tertiary/aromatic N) is 2. The van der Waals surface area contributed by atoms with Gasteiger partial charge in [-0.15, -0.1) is 0 Å². The number of piperazine rings is 1. The third kappa shape index (κ3) is 4.48. The highest BCUT2D eigenvalue weighted by atomic mass is 16.6. The first kappa shape index (κ1) is 15.3. The van der Waals surface area contributed by atoms with Crippen molar-refractivity contribution in [3.05, 3.63) is 0 Å². The molecule has 0 saturated carbocycles. The van der Waals surface area contributed by atoms with Gasteiger partial charge in [0.05, 0.1) is 0 Å². The van der Waals surface area contributed by atoms with Crippen molar-refractivity contribution in [3.63, 3.8) is 0 Å². The van der Waals surface area contributed by atoms with Crippen molar-refractivity contribution >= 4 is 6.09 Å². The Morgan fingerprint density at radius 3 is 2.00 bits per heavy atom. The lowest BCUT2D eigenvalue weighted by atomic mass is 10.1. The summed E-state index contributed by atoms with van der Waals surface area (Å²) >= 11 is 0. The number of hydrogen-bond acceptors (Lipinski definition) is 3. The quantitative estimate of drug-likeness (QED) is 0.778. The molecule has 0 aromatic rings. The third-order valence-electron chi connectivity index (χ3n) is 3.42. The van der Waals surface area contributed by atoms with Gasteiger partial charge in [-0.05, 0) is 33.6 Å². The topological polar surface area (TPSA) is 32.8 Å². The Kier molecular flexibility index (Phi) is 5.45. The second-order valence-corrected chi connectivity index (χ2v) is 5.97. The van der Waals surface area contributed by atoms with Gasteiger partial charge in [-0.25, -0.2) is 4.79 Å². The zero-order valence-corrected chi connectivity index (χ0v) is 12.5. The van der Waals surface area contributed by atoms with Crippen LogP contribution in [0.2, 0.25) is 0 Å². The van der Waals surface area contributed by atoms with Crippen LogP contribution in [-0.4, -0.2) is 53.7 Å². The molecule has 1 rings (SSSR count). The van der Waals surface area contributed by atoms with Gasteiger partial charge in [-0.3, -0.25) is 4.90 Å². The molecule has 106 valence electrons. The smallest absolute Gasteiger partial charge is 0.410 e. The van der Waals surface area contributed by atoms with Crippen LogP contribution in [0.5, 0.6) is 0 Å². The van der Waals surface area contributed by atoms with Gasteiger partial charge in [-0.1, -0.05) is 13.8 Å². The molecule has 18 heavy (non-hydrogen) atoms. The summed E-state index contributed by atoms with van der Waals surface area (Å²) in [4.78, 5) is 16.2. The molecule has 1 saturated heterocycles. The summed E-state index contributed by atoms with van der Waals surface area (Å²) in [6.07, 6.45) is 2.19. The summed E-state index contributed by atoms with van der Waals surface area (Å²) in [5.74, 6) is 0. The molecule has 0 atom stereocenters. The summed E-state index contributed by atoms with van der Waals surface area (Å²) in [6, 6.07) is 0.658. The second kappa shape index (κ2) is 6.41. The third-order valence-corrected chi connectivity index (χ3v) is 3.42. The minimum Gasteiger partial charge on any atom is -0.444 e. The standard InChI is InChI=1S/C14H28N2O2/c1-6-12(7-2)15-8-10-16(11-9-15)13(17)18-14(3,4)5/h12H,6-11H2,1-5H3. The minimum atomic E-state index is -0.399. The van der Waals surface area contributed by atoms with Gasteiger partial charge in [0.15, 0.2) is 0 Å². The van der Waals surface area contributed by atoms with Crippen LogP contribution in [0, 0.1) is 0 Å². The van der Waals surface area contributed by atoms with Crippen molar-refractivity contribution in [3.8, 4) is 0 Å². The fourth-order valence-corrected chi connectivity index (χ4v) is 2.40. The fraction of sp³-hybridized carbons (Fsp3) is 0.929. The molecule has 1 aliphatic heterocycles. The van der Waals surface area contributed by atoms with Crippen molar-refractivity contribution in [2.75, 3.05) is 26.2 Å². The Morgan fingerprint density at radius 2 is 1.61 bits per heavy atom. The second-order valence-electron chi connectivity index (χ2n) is 5.97. The highest BCUT2D eigenvalue weighted by molar-refractivity contribution is 5.68. The summed E-state index contributed by atoms with van der Waals surface area (Å²) in [5, 5.41) is 0. The number of carbonyl (C=O) groups excluding carboxylic acids is 1. The van der Waals surface area contributed by atoms with Crippen molar-refractivity contribution < 1.29 is 9.53 Å². The van der Waals surface area contributed by atoms with Gasteiger partial charge in [-0.2, -0.15) is 0 Å². The van der Waals surface area contributed by atoms with Crippen molar-refractivity contribution in [1.29, 1.82) is 0 Å². The van der Waals surface area contributed by atoms with E-state index in [-0.39, 0.29) is 6.09 Å². The molecule has 0 radical (unpaired) electrons. The normalized spacial score (nSPS) is 18.2. The van der Waals surface area contributed by atoms with E-state index in [1.165, 1.54) is 12.8 Å². The monoisotopic (exact) mass is 256 g/mol. The molecule has 1 heterocycles. The Bertz CT molecular complexity index is 261. The maximum atomic E-state index is 11.9. The number of rotatable bonds is 3. The molecule has 0 spiro atoms. The van der Waals surface area contributed by atoms with Crippen molar-refractivity contribution in [1.82, 2.24) is 9.80 Å². The van der Waals surface area contributed by atoms with E-state index < -0.39 is 5.60 Å². The van der Waals surface area contributed by atoms with E-state index in [0.717, 1.165) is 26.2 Å². The van der Waals surface area contributed by atoms with Crippen LogP contribution < -0.4 is 0 Å². The largest absolute Gasteiger partial charge is 0.444 e. The van der Waals surface area contributed by atoms with Crippen molar-refractivity contribution in [2.24, 2.45) is 0 Å². The Labute approximate surface area is 111 Å². The highest BCUT2D eigenvalue weighted by Gasteiger charge is 2.27. The average molecular weight is 256 g/mol. The first-order valence-electron chi connectivity index (χ1n) is 7.09. The number of ether oxygens (including phenoxy) is 1. The summed E-state index contributed by atoms with van der Waals surface area (Å²) in [6.45, 7) is 13.7. The van der Waals surface area contributed by atoms with Crippen LogP contribution in [0.15, 0.2) is 0 Å². The maximum absolute atomic E-state index is 11.9. The van der Waals surface area contributed by atoms with Gasteiger partial charge >= 0.3 is 6.09 Å². The summed E-state index contributed by atoms with van der Waals surface area (Å²) < 4.78 is 5.39. The summed E-state index contributed by atoms with van der Waals surface area (Å²) in [5.41, 5.74) is -0.399. The molecule has 0 aromatic carbocycles. The molecule has 1 amide bonds. The molecular weight excluding hydrogens is 228 g/mol. The predicted octanol–water partition coefficient (Wildman–Crippen LogP) is 2.73. The average Bonchev–Trinajstić information content (AvgIpc) is 2.29. The molecule has 0 aliphatic carbocycles. The molecule has 1 aliphatic rings. The van der Waals surface area contributed by atoms with E-state index in [1.54, 1.807) is 0 Å². The lowest BCUT2D eigenvalue weighted by Crippen LogP contribution is -2.52. The predicted molar refractivity (Wildman–Crippen MR) is 73.8 cm³/mol. The molecule has 0 unspecified atom stereocenters. The Balaban J connectivity index is 2.41. The van der Waals surface area contributed by atoms with Crippen molar-refractivity contribution in [2.45, 2.75) is 59.1 Å². The van der Waals surface area contributed by atoms with E-state index in [1.807, 2.05) is 25.7 Å². The molecule has 0 aromatic heterocycles. The van der Waals surface area contributed by atoms with Gasteiger partial charge in [0.2, 0.25) is 0 Å². The summed E-state index contributed by atoms with van der Waals surface area (Å²) in [7, 11) is 0. The number of amides is 1. The van der Waals surface area contributed by atoms with E-state index in [9.17, 15) is 4.79 Å².